The van der Waals surface area contributed by atoms with Gasteiger partial charge >= 0.3 is 0 Å². The van der Waals surface area contributed by atoms with Gasteiger partial charge in [-0.1, -0.05) is 13.8 Å². The van der Waals surface area contributed by atoms with Gasteiger partial charge in [0.2, 0.25) is 0 Å². The molecule has 112 valence electrons. The van der Waals surface area contributed by atoms with Crippen LogP contribution in [0.1, 0.15) is 30.6 Å². The normalized spacial score (nSPS) is 12.3. The fraction of sp³-hybridized carbons (Fsp3) is 0.533. The maximum absolute atomic E-state index is 12.4. The van der Waals surface area contributed by atoms with Gasteiger partial charge in [0.25, 0.3) is 5.91 Å². The van der Waals surface area contributed by atoms with Crippen LogP contribution in [0.15, 0.2) is 18.2 Å². The zero-order valence-electron chi connectivity index (χ0n) is 12.7. The van der Waals surface area contributed by atoms with Crippen LogP contribution in [-0.2, 0) is 0 Å². The Hall–Kier alpha value is -1.75. The third-order valence-corrected chi connectivity index (χ3v) is 3.06. The second-order valence-electron chi connectivity index (χ2n) is 5.65. The number of rotatable bonds is 6. The van der Waals surface area contributed by atoms with E-state index in [9.17, 15) is 9.90 Å². The summed E-state index contributed by atoms with van der Waals surface area (Å²) in [5.74, 6) is 0.197. The first-order chi connectivity index (χ1) is 9.35. The molecule has 0 aliphatic rings. The zero-order chi connectivity index (χ0) is 15.3. The number of hydrogen-bond acceptors (Lipinski definition) is 4. The number of nitrogens with one attached hydrogen (secondary N) is 1. The quantitative estimate of drug-likeness (QED) is 0.689. The number of hydrogen-bond donors (Lipinski definition) is 3. The molecule has 0 fully saturated rings. The fourth-order valence-corrected chi connectivity index (χ4v) is 2.14. The minimum atomic E-state index is -0.237. The van der Waals surface area contributed by atoms with E-state index in [-0.39, 0.29) is 18.6 Å². The van der Waals surface area contributed by atoms with E-state index in [0.717, 1.165) is 12.1 Å². The molecule has 1 unspecified atom stereocenters. The zero-order valence-corrected chi connectivity index (χ0v) is 12.7. The van der Waals surface area contributed by atoms with Gasteiger partial charge < -0.3 is 21.1 Å². The van der Waals surface area contributed by atoms with Crippen LogP contribution in [0.3, 0.4) is 0 Å². The monoisotopic (exact) mass is 279 g/mol. The molecule has 1 rings (SSSR count). The van der Waals surface area contributed by atoms with Crippen molar-refractivity contribution in [2.75, 3.05) is 31.3 Å². The Kier molecular flexibility index (Phi) is 5.82. The van der Waals surface area contributed by atoms with E-state index in [0.29, 0.717) is 17.2 Å². The summed E-state index contributed by atoms with van der Waals surface area (Å²) in [4.78, 5) is 14.2. The Morgan fingerprint density at radius 3 is 2.55 bits per heavy atom. The minimum Gasteiger partial charge on any atom is -0.399 e. The highest BCUT2D eigenvalue weighted by atomic mass is 16.3. The number of aliphatic hydroxyl groups excluding tert-OH is 1. The molecule has 5 heteroatoms. The summed E-state index contributed by atoms with van der Waals surface area (Å²) in [6, 6.07) is 5.01. The molecule has 0 bridgehead atoms. The predicted octanol–water partition coefficient (Wildman–Crippen LogP) is 1.47. The van der Waals surface area contributed by atoms with E-state index in [4.69, 9.17) is 5.73 Å². The molecule has 1 amide bonds. The van der Waals surface area contributed by atoms with Crippen molar-refractivity contribution in [2.45, 2.75) is 26.3 Å². The van der Waals surface area contributed by atoms with Gasteiger partial charge in [0.05, 0.1) is 18.2 Å². The van der Waals surface area contributed by atoms with Crippen LogP contribution in [0, 0.1) is 5.92 Å². The van der Waals surface area contributed by atoms with E-state index in [1.165, 1.54) is 0 Å². The highest BCUT2D eigenvalue weighted by Crippen LogP contribution is 2.21. The Morgan fingerprint density at radius 1 is 1.40 bits per heavy atom. The van der Waals surface area contributed by atoms with Crippen LogP contribution in [0.25, 0.3) is 0 Å². The number of amides is 1. The summed E-state index contributed by atoms with van der Waals surface area (Å²) in [7, 11) is 3.75. The summed E-state index contributed by atoms with van der Waals surface area (Å²) in [6.07, 6.45) is 0.738. The molecule has 5 nitrogen and oxygen atoms in total. The van der Waals surface area contributed by atoms with Gasteiger partial charge in [0.15, 0.2) is 0 Å². The van der Waals surface area contributed by atoms with Gasteiger partial charge in [-0.05, 0) is 30.5 Å². The highest BCUT2D eigenvalue weighted by Gasteiger charge is 2.18. The smallest absolute Gasteiger partial charge is 0.253 e. The summed E-state index contributed by atoms with van der Waals surface area (Å²) >= 11 is 0. The third kappa shape index (κ3) is 4.42. The number of nitrogen functional groups attached to an aromatic ring is 1. The summed E-state index contributed by atoms with van der Waals surface area (Å²) in [5, 5.41) is 12.2. The molecule has 1 aromatic carbocycles. The number of nitrogens with zero attached hydrogens (tertiary/aromatic N) is 1. The first-order valence-electron chi connectivity index (χ1n) is 6.83. The van der Waals surface area contributed by atoms with Crippen molar-refractivity contribution in [1.29, 1.82) is 0 Å². The molecular formula is C15H25N3O2. The molecule has 0 aliphatic carbocycles. The number of nitrogens with two attached hydrogens (primary N) is 1. The second kappa shape index (κ2) is 7.14. The number of benzene rings is 1. The largest absolute Gasteiger partial charge is 0.399 e. The van der Waals surface area contributed by atoms with E-state index >= 15 is 0 Å². The van der Waals surface area contributed by atoms with Crippen LogP contribution < -0.4 is 16.0 Å². The molecule has 1 atom stereocenters. The molecule has 0 aliphatic heterocycles. The van der Waals surface area contributed by atoms with Crippen molar-refractivity contribution in [1.82, 2.24) is 5.32 Å². The maximum atomic E-state index is 12.4. The molecule has 0 radical (unpaired) electrons. The molecule has 0 spiro atoms. The summed E-state index contributed by atoms with van der Waals surface area (Å²) < 4.78 is 0. The van der Waals surface area contributed by atoms with Crippen LogP contribution in [0.5, 0.6) is 0 Å². The standard InChI is InChI=1S/C15H25N3O2/c1-10(2)7-12(9-19)17-15(20)13-8-11(16)5-6-14(13)18(3)4/h5-6,8,10,12,19H,7,9,16H2,1-4H3,(H,17,20). The Balaban J connectivity index is 2.93. The van der Waals surface area contributed by atoms with Crippen molar-refractivity contribution >= 4 is 17.3 Å². The third-order valence-electron chi connectivity index (χ3n) is 3.06. The lowest BCUT2D eigenvalue weighted by molar-refractivity contribution is 0.0909. The van der Waals surface area contributed by atoms with Gasteiger partial charge in [0.1, 0.15) is 0 Å². The SMILES string of the molecule is CC(C)CC(CO)NC(=O)c1cc(N)ccc1N(C)C. The molecule has 4 N–H and O–H groups in total. The van der Waals surface area contributed by atoms with Crippen molar-refractivity contribution in [3.63, 3.8) is 0 Å². The molecule has 0 saturated heterocycles. The lowest BCUT2D eigenvalue weighted by atomic mass is 10.0. The molecule has 0 saturated carbocycles. The van der Waals surface area contributed by atoms with Gasteiger partial charge in [-0.2, -0.15) is 0 Å². The number of anilines is 2. The minimum absolute atomic E-state index is 0.0659. The van der Waals surface area contributed by atoms with Gasteiger partial charge in [0, 0.05) is 25.5 Å². The molecule has 20 heavy (non-hydrogen) atoms. The van der Waals surface area contributed by atoms with Gasteiger partial charge in [-0.25, -0.2) is 0 Å². The lowest BCUT2D eigenvalue weighted by Crippen LogP contribution is -2.39. The average molecular weight is 279 g/mol. The first kappa shape index (κ1) is 16.3. The average Bonchev–Trinajstić information content (AvgIpc) is 2.36. The van der Waals surface area contributed by atoms with Crippen LogP contribution in [-0.4, -0.2) is 37.8 Å². The molecular weight excluding hydrogens is 254 g/mol. The topological polar surface area (TPSA) is 78.6 Å². The summed E-state index contributed by atoms with van der Waals surface area (Å²) in [6.45, 7) is 4.05. The Labute approximate surface area is 120 Å². The van der Waals surface area contributed by atoms with E-state index in [1.54, 1.807) is 12.1 Å². The van der Waals surface area contributed by atoms with Crippen molar-refractivity contribution in [3.8, 4) is 0 Å². The van der Waals surface area contributed by atoms with Crippen LogP contribution >= 0.6 is 0 Å². The van der Waals surface area contributed by atoms with E-state index < -0.39 is 0 Å². The number of carbonyl (C=O) groups is 1. The number of aliphatic hydroxyl groups is 1. The Bertz CT molecular complexity index is 458. The van der Waals surface area contributed by atoms with Crippen molar-refractivity contribution in [3.05, 3.63) is 23.8 Å². The maximum Gasteiger partial charge on any atom is 0.253 e. The Morgan fingerprint density at radius 2 is 2.05 bits per heavy atom. The van der Waals surface area contributed by atoms with Crippen molar-refractivity contribution < 1.29 is 9.90 Å². The molecule has 1 aromatic rings. The number of carbonyl (C=O) groups excluding carboxylic acids is 1. The van der Waals surface area contributed by atoms with E-state index in [1.807, 2.05) is 25.1 Å². The van der Waals surface area contributed by atoms with Gasteiger partial charge in [-0.3, -0.25) is 4.79 Å². The molecule has 0 heterocycles. The summed E-state index contributed by atoms with van der Waals surface area (Å²) in [5.41, 5.74) is 7.64. The van der Waals surface area contributed by atoms with Crippen LogP contribution in [0.4, 0.5) is 11.4 Å². The first-order valence-corrected chi connectivity index (χ1v) is 6.83. The van der Waals surface area contributed by atoms with Crippen LogP contribution in [0.2, 0.25) is 0 Å². The van der Waals surface area contributed by atoms with E-state index in [2.05, 4.69) is 19.2 Å². The fourth-order valence-electron chi connectivity index (χ4n) is 2.14. The van der Waals surface area contributed by atoms with Crippen molar-refractivity contribution in [2.24, 2.45) is 5.92 Å². The second-order valence-corrected chi connectivity index (χ2v) is 5.65. The van der Waals surface area contributed by atoms with Gasteiger partial charge in [-0.15, -0.1) is 0 Å². The predicted molar refractivity (Wildman–Crippen MR) is 83.0 cm³/mol. The molecule has 0 aromatic heterocycles. The lowest BCUT2D eigenvalue weighted by Gasteiger charge is -2.21. The highest BCUT2D eigenvalue weighted by molar-refractivity contribution is 6.00.